The van der Waals surface area contributed by atoms with Gasteiger partial charge in [0.15, 0.2) is 0 Å². The highest BCUT2D eigenvalue weighted by atomic mass is 35.5. The van der Waals surface area contributed by atoms with Crippen molar-refractivity contribution in [3.63, 3.8) is 0 Å². The summed E-state index contributed by atoms with van der Waals surface area (Å²) in [4.78, 5) is 19.9. The van der Waals surface area contributed by atoms with Crippen LogP contribution in [-0.2, 0) is 17.6 Å². The zero-order valence-corrected chi connectivity index (χ0v) is 13.3. The lowest BCUT2D eigenvalue weighted by atomic mass is 10.1. The van der Waals surface area contributed by atoms with Gasteiger partial charge < -0.3 is 4.52 Å². The molecule has 2 amide bonds. The van der Waals surface area contributed by atoms with E-state index >= 15 is 0 Å². The van der Waals surface area contributed by atoms with E-state index in [2.05, 4.69) is 14.7 Å². The van der Waals surface area contributed by atoms with Crippen LogP contribution in [-0.4, -0.2) is 39.8 Å². The van der Waals surface area contributed by atoms with Crippen LogP contribution in [0.5, 0.6) is 0 Å². The Labute approximate surface area is 139 Å². The molecule has 1 aromatic carbocycles. The number of hydrogen-bond acceptors (Lipinski definition) is 5. The molecular weight excluding hydrogens is 353 g/mol. The number of hydroxylamine groups is 2. The minimum absolute atomic E-state index is 0.0900. The van der Waals surface area contributed by atoms with Crippen molar-refractivity contribution in [3.8, 4) is 11.4 Å². The number of urea groups is 1. The van der Waals surface area contributed by atoms with Crippen molar-refractivity contribution in [2.24, 2.45) is 0 Å². The van der Waals surface area contributed by atoms with Gasteiger partial charge in [0.05, 0.1) is 13.7 Å². The number of carbonyl (C=O) groups excluding carboxylic acids is 1. The van der Waals surface area contributed by atoms with E-state index in [-0.39, 0.29) is 12.4 Å². The molecule has 24 heavy (non-hydrogen) atoms. The van der Waals surface area contributed by atoms with Crippen LogP contribution in [0.3, 0.4) is 0 Å². The molecule has 0 unspecified atom stereocenters. The van der Waals surface area contributed by atoms with Crippen molar-refractivity contribution in [2.75, 3.05) is 14.2 Å². The van der Waals surface area contributed by atoms with Crippen LogP contribution in [0.2, 0.25) is 0 Å². The van der Waals surface area contributed by atoms with Gasteiger partial charge in [-0.15, -0.1) is 0 Å². The molecule has 0 saturated carbocycles. The van der Waals surface area contributed by atoms with E-state index in [1.807, 2.05) is 0 Å². The normalized spacial score (nSPS) is 11.4. The Morgan fingerprint density at radius 1 is 1.33 bits per heavy atom. The standard InChI is InChI=1S/C13H12ClF3N4O3/c1-20(14)12(22)21(23-2)7-8-3-5-9(6-4-8)10-18-11(24-19-10)13(15,16)17/h3-6H,7H2,1-2H3. The molecule has 7 nitrogen and oxygen atoms in total. The molecular formula is C13H12ClF3N4O3. The summed E-state index contributed by atoms with van der Waals surface area (Å²) in [6.45, 7) is 0.0900. The first-order valence-electron chi connectivity index (χ1n) is 6.47. The molecule has 11 heteroatoms. The van der Waals surface area contributed by atoms with E-state index in [4.69, 9.17) is 16.6 Å². The summed E-state index contributed by atoms with van der Waals surface area (Å²) in [6, 6.07) is 5.61. The first-order valence-corrected chi connectivity index (χ1v) is 6.81. The molecule has 0 aliphatic rings. The van der Waals surface area contributed by atoms with Gasteiger partial charge in [0.25, 0.3) is 0 Å². The molecule has 2 aromatic rings. The Kier molecular flexibility index (Phi) is 5.30. The molecule has 1 heterocycles. The number of hydrogen-bond donors (Lipinski definition) is 0. The lowest BCUT2D eigenvalue weighted by Crippen LogP contribution is -2.35. The van der Waals surface area contributed by atoms with E-state index in [1.165, 1.54) is 26.3 Å². The summed E-state index contributed by atoms with van der Waals surface area (Å²) >= 11 is 5.56. The number of halogens is 4. The fourth-order valence-corrected chi connectivity index (χ4v) is 1.83. The molecule has 0 aliphatic heterocycles. The van der Waals surface area contributed by atoms with Crippen LogP contribution in [0, 0.1) is 0 Å². The van der Waals surface area contributed by atoms with Crippen molar-refractivity contribution < 1.29 is 27.3 Å². The number of nitrogens with zero attached hydrogens (tertiary/aromatic N) is 4. The predicted octanol–water partition coefficient (Wildman–Crippen LogP) is 3.32. The first kappa shape index (κ1) is 18.0. The SMILES string of the molecule is CON(Cc1ccc(-c2noc(C(F)(F)F)n2)cc1)C(=O)N(C)Cl. The number of benzene rings is 1. The van der Waals surface area contributed by atoms with Crippen molar-refractivity contribution in [2.45, 2.75) is 12.7 Å². The lowest BCUT2D eigenvalue weighted by Gasteiger charge is -2.21. The Balaban J connectivity index is 2.13. The van der Waals surface area contributed by atoms with Gasteiger partial charge in [-0.1, -0.05) is 29.4 Å². The molecule has 0 bridgehead atoms. The number of amides is 2. The topological polar surface area (TPSA) is 71.7 Å². The fraction of sp³-hybridized carbons (Fsp3) is 0.308. The summed E-state index contributed by atoms with van der Waals surface area (Å²) in [5.41, 5.74) is 0.995. The zero-order valence-electron chi connectivity index (χ0n) is 12.5. The van der Waals surface area contributed by atoms with E-state index in [0.29, 0.717) is 11.1 Å². The van der Waals surface area contributed by atoms with Crippen molar-refractivity contribution in [3.05, 3.63) is 35.7 Å². The smallest absolute Gasteiger partial charge is 0.329 e. The van der Waals surface area contributed by atoms with Gasteiger partial charge in [-0.2, -0.15) is 23.2 Å². The summed E-state index contributed by atoms with van der Waals surface area (Å²) in [6.07, 6.45) is -4.70. The zero-order chi connectivity index (χ0) is 17.9. The summed E-state index contributed by atoms with van der Waals surface area (Å²) in [7, 11) is 2.66. The number of carbonyl (C=O) groups is 1. The van der Waals surface area contributed by atoms with Gasteiger partial charge >= 0.3 is 18.1 Å². The molecule has 130 valence electrons. The van der Waals surface area contributed by atoms with Crippen LogP contribution in [0.4, 0.5) is 18.0 Å². The molecule has 0 atom stereocenters. The monoisotopic (exact) mass is 364 g/mol. The molecule has 2 rings (SSSR count). The van der Waals surface area contributed by atoms with Gasteiger partial charge in [-0.05, 0) is 5.56 Å². The fourth-order valence-electron chi connectivity index (χ4n) is 1.74. The minimum Gasteiger partial charge on any atom is -0.329 e. The Morgan fingerprint density at radius 2 is 1.96 bits per heavy atom. The Morgan fingerprint density at radius 3 is 2.42 bits per heavy atom. The maximum absolute atomic E-state index is 12.4. The third-order valence-electron chi connectivity index (χ3n) is 2.90. The van der Waals surface area contributed by atoms with Gasteiger partial charge in [-0.3, -0.25) is 4.84 Å². The van der Waals surface area contributed by atoms with Crippen molar-refractivity contribution in [1.29, 1.82) is 0 Å². The molecule has 1 aromatic heterocycles. The van der Waals surface area contributed by atoms with Gasteiger partial charge in [0, 0.05) is 24.4 Å². The molecule has 0 radical (unpaired) electrons. The highest BCUT2D eigenvalue weighted by Gasteiger charge is 2.38. The second-order valence-corrected chi connectivity index (χ2v) is 5.10. The second-order valence-electron chi connectivity index (χ2n) is 4.60. The molecule has 0 fully saturated rings. The molecule has 0 spiro atoms. The summed E-state index contributed by atoms with van der Waals surface area (Å²) in [5, 5.41) is 4.30. The molecule has 0 N–H and O–H groups in total. The van der Waals surface area contributed by atoms with Gasteiger partial charge in [0.2, 0.25) is 5.82 Å². The summed E-state index contributed by atoms with van der Waals surface area (Å²) in [5.74, 6) is -1.60. The predicted molar refractivity (Wildman–Crippen MR) is 76.3 cm³/mol. The van der Waals surface area contributed by atoms with Crippen LogP contribution in [0.15, 0.2) is 28.8 Å². The van der Waals surface area contributed by atoms with E-state index in [9.17, 15) is 18.0 Å². The quantitative estimate of drug-likeness (QED) is 0.614. The van der Waals surface area contributed by atoms with Crippen LogP contribution < -0.4 is 0 Å². The first-order chi connectivity index (χ1) is 11.2. The lowest BCUT2D eigenvalue weighted by molar-refractivity contribution is -0.159. The highest BCUT2D eigenvalue weighted by Crippen LogP contribution is 2.29. The van der Waals surface area contributed by atoms with Crippen molar-refractivity contribution >= 4 is 17.8 Å². The Hall–Kier alpha value is -2.33. The van der Waals surface area contributed by atoms with Crippen molar-refractivity contribution in [1.82, 2.24) is 19.6 Å². The molecule has 0 saturated heterocycles. The van der Waals surface area contributed by atoms with E-state index < -0.39 is 18.1 Å². The van der Waals surface area contributed by atoms with E-state index in [0.717, 1.165) is 9.48 Å². The highest BCUT2D eigenvalue weighted by molar-refractivity contribution is 6.20. The average molecular weight is 365 g/mol. The third-order valence-corrected chi connectivity index (χ3v) is 3.05. The average Bonchev–Trinajstić information content (AvgIpc) is 3.02. The Bertz CT molecular complexity index is 703. The summed E-state index contributed by atoms with van der Waals surface area (Å²) < 4.78 is 42.3. The van der Waals surface area contributed by atoms with Gasteiger partial charge in [0.1, 0.15) is 0 Å². The maximum Gasteiger partial charge on any atom is 0.471 e. The van der Waals surface area contributed by atoms with Crippen LogP contribution >= 0.6 is 11.8 Å². The second kappa shape index (κ2) is 7.05. The maximum atomic E-state index is 12.4. The number of aromatic nitrogens is 2. The largest absolute Gasteiger partial charge is 0.471 e. The number of rotatable bonds is 4. The third kappa shape index (κ3) is 4.15. The molecule has 0 aliphatic carbocycles. The van der Waals surface area contributed by atoms with Crippen LogP contribution in [0.25, 0.3) is 11.4 Å². The number of alkyl halides is 3. The van der Waals surface area contributed by atoms with Crippen LogP contribution in [0.1, 0.15) is 11.5 Å². The van der Waals surface area contributed by atoms with E-state index in [1.54, 1.807) is 12.1 Å². The van der Waals surface area contributed by atoms with Gasteiger partial charge in [-0.25, -0.2) is 9.21 Å². The minimum atomic E-state index is -4.70.